The molecule has 0 saturated heterocycles. The number of para-hydroxylation sites is 1. The number of hydrogen-bond donors (Lipinski definition) is 1. The van der Waals surface area contributed by atoms with E-state index in [1.165, 1.54) is 12.1 Å². The molecule has 0 aliphatic carbocycles. The van der Waals surface area contributed by atoms with Crippen molar-refractivity contribution in [3.05, 3.63) is 54.3 Å². The number of hydrogen-bond acceptors (Lipinski definition) is 3. The smallest absolute Gasteiger partial charge is 0.162 e. The lowest BCUT2D eigenvalue weighted by Gasteiger charge is -2.05. The maximum atomic E-state index is 13.2. The van der Waals surface area contributed by atoms with E-state index in [1.54, 1.807) is 12.1 Å². The summed E-state index contributed by atoms with van der Waals surface area (Å²) in [7, 11) is 0. The summed E-state index contributed by atoms with van der Waals surface area (Å²) in [5.74, 6) is 0.522. The average Bonchev–Trinajstić information content (AvgIpc) is 2.39. The number of nitrogen functional groups attached to an aromatic ring is 1. The molecule has 1 aromatic heterocycles. The van der Waals surface area contributed by atoms with Crippen LogP contribution in [0.1, 0.15) is 0 Å². The van der Waals surface area contributed by atoms with Crippen LogP contribution in [0.2, 0.25) is 0 Å². The van der Waals surface area contributed by atoms with E-state index in [2.05, 4.69) is 9.97 Å². The van der Waals surface area contributed by atoms with Gasteiger partial charge in [0.15, 0.2) is 5.82 Å². The van der Waals surface area contributed by atoms with Crippen LogP contribution < -0.4 is 5.73 Å². The van der Waals surface area contributed by atoms with Gasteiger partial charge in [0.25, 0.3) is 0 Å². The Morgan fingerprint density at radius 1 is 0.944 bits per heavy atom. The molecule has 3 aromatic rings. The van der Waals surface area contributed by atoms with Crippen LogP contribution in [-0.4, -0.2) is 9.97 Å². The second-order valence-electron chi connectivity index (χ2n) is 3.96. The molecule has 0 aliphatic rings. The third kappa shape index (κ3) is 1.78. The van der Waals surface area contributed by atoms with Crippen molar-refractivity contribution in [2.75, 3.05) is 5.73 Å². The van der Waals surface area contributed by atoms with E-state index in [-0.39, 0.29) is 5.82 Å². The summed E-state index contributed by atoms with van der Waals surface area (Å²) < 4.78 is 13.2. The zero-order valence-corrected chi connectivity index (χ0v) is 9.47. The lowest BCUT2D eigenvalue weighted by Crippen LogP contribution is -1.97. The summed E-state index contributed by atoms with van der Waals surface area (Å²) >= 11 is 0. The number of nitrogens with two attached hydrogens (primary N) is 1. The third-order valence-electron chi connectivity index (χ3n) is 2.72. The molecule has 0 aliphatic heterocycles. The Hall–Kier alpha value is -2.49. The third-order valence-corrected chi connectivity index (χ3v) is 2.72. The predicted octanol–water partition coefficient (Wildman–Crippen LogP) is 3.02. The Labute approximate surface area is 103 Å². The normalized spacial score (nSPS) is 10.7. The second kappa shape index (κ2) is 4.07. The van der Waals surface area contributed by atoms with Crippen molar-refractivity contribution < 1.29 is 4.39 Å². The van der Waals surface area contributed by atoms with Gasteiger partial charge in [-0.25, -0.2) is 14.4 Å². The first-order valence-corrected chi connectivity index (χ1v) is 5.52. The first kappa shape index (κ1) is 10.7. The van der Waals surface area contributed by atoms with Gasteiger partial charge in [0, 0.05) is 10.9 Å². The zero-order chi connectivity index (χ0) is 12.5. The van der Waals surface area contributed by atoms with Crippen molar-refractivity contribution in [3.63, 3.8) is 0 Å². The molecule has 0 radical (unpaired) electrons. The number of aromatic nitrogens is 2. The molecule has 3 nitrogen and oxygen atoms in total. The molecule has 0 unspecified atom stereocenters. The van der Waals surface area contributed by atoms with Gasteiger partial charge in [-0.3, -0.25) is 0 Å². The fourth-order valence-corrected chi connectivity index (χ4v) is 1.86. The van der Waals surface area contributed by atoms with Gasteiger partial charge in [0.1, 0.15) is 11.6 Å². The molecule has 0 spiro atoms. The van der Waals surface area contributed by atoms with Crippen LogP contribution in [0.25, 0.3) is 22.3 Å². The number of benzene rings is 2. The van der Waals surface area contributed by atoms with E-state index in [9.17, 15) is 4.39 Å². The van der Waals surface area contributed by atoms with Crippen molar-refractivity contribution in [3.8, 4) is 11.4 Å². The summed E-state index contributed by atoms with van der Waals surface area (Å²) in [4.78, 5) is 8.60. The number of fused-ring (bicyclic) bond motifs is 1. The molecule has 0 saturated carbocycles. The van der Waals surface area contributed by atoms with Gasteiger partial charge in [0.05, 0.1) is 5.52 Å². The summed E-state index contributed by atoms with van der Waals surface area (Å²) in [6.45, 7) is 0. The number of nitrogens with zero attached hydrogens (tertiary/aromatic N) is 2. The first-order valence-electron chi connectivity index (χ1n) is 5.52. The van der Waals surface area contributed by atoms with Gasteiger partial charge in [-0.05, 0) is 24.3 Å². The van der Waals surface area contributed by atoms with Gasteiger partial charge in [-0.2, -0.15) is 0 Å². The Morgan fingerprint density at radius 3 is 2.61 bits per heavy atom. The minimum absolute atomic E-state index is 0.317. The standard InChI is InChI=1S/C14H10FN3/c15-10-5-3-4-9(8-10)14-17-12-7-2-1-6-11(12)13(16)18-14/h1-8H,(H2,16,17,18). The largest absolute Gasteiger partial charge is 0.383 e. The molecule has 18 heavy (non-hydrogen) atoms. The van der Waals surface area contributed by atoms with E-state index >= 15 is 0 Å². The number of anilines is 1. The minimum atomic E-state index is -0.317. The fraction of sp³-hybridized carbons (Fsp3) is 0. The monoisotopic (exact) mass is 239 g/mol. The quantitative estimate of drug-likeness (QED) is 0.710. The molecule has 0 fully saturated rings. The molecule has 3 rings (SSSR count). The van der Waals surface area contributed by atoms with Crippen LogP contribution in [0, 0.1) is 5.82 Å². The summed E-state index contributed by atoms with van der Waals surface area (Å²) in [5.41, 5.74) is 7.26. The molecule has 88 valence electrons. The predicted molar refractivity (Wildman–Crippen MR) is 69.3 cm³/mol. The Kier molecular flexibility index (Phi) is 2.41. The summed E-state index contributed by atoms with van der Waals surface area (Å²) in [6, 6.07) is 13.6. The number of rotatable bonds is 1. The molecule has 1 heterocycles. The maximum absolute atomic E-state index is 13.2. The van der Waals surface area contributed by atoms with Gasteiger partial charge in [-0.1, -0.05) is 24.3 Å². The van der Waals surface area contributed by atoms with Crippen molar-refractivity contribution in [2.45, 2.75) is 0 Å². The average molecular weight is 239 g/mol. The molecular formula is C14H10FN3. The Morgan fingerprint density at radius 2 is 1.78 bits per heavy atom. The molecule has 2 N–H and O–H groups in total. The highest BCUT2D eigenvalue weighted by Crippen LogP contribution is 2.23. The highest BCUT2D eigenvalue weighted by molar-refractivity contribution is 5.89. The minimum Gasteiger partial charge on any atom is -0.383 e. The van der Waals surface area contributed by atoms with Gasteiger partial charge >= 0.3 is 0 Å². The Balaban J connectivity index is 2.24. The van der Waals surface area contributed by atoms with Gasteiger partial charge < -0.3 is 5.73 Å². The lowest BCUT2D eigenvalue weighted by atomic mass is 10.2. The van der Waals surface area contributed by atoms with E-state index in [0.717, 1.165) is 10.9 Å². The van der Waals surface area contributed by atoms with Crippen molar-refractivity contribution >= 4 is 16.7 Å². The first-order chi connectivity index (χ1) is 8.74. The van der Waals surface area contributed by atoms with Crippen molar-refractivity contribution in [2.24, 2.45) is 0 Å². The molecule has 0 bridgehead atoms. The van der Waals surface area contributed by atoms with Crippen LogP contribution in [0.15, 0.2) is 48.5 Å². The van der Waals surface area contributed by atoms with Crippen molar-refractivity contribution in [1.82, 2.24) is 9.97 Å². The molecule has 0 atom stereocenters. The highest BCUT2D eigenvalue weighted by Gasteiger charge is 2.07. The zero-order valence-electron chi connectivity index (χ0n) is 9.47. The molecule has 2 aromatic carbocycles. The van der Waals surface area contributed by atoms with Crippen LogP contribution >= 0.6 is 0 Å². The second-order valence-corrected chi connectivity index (χ2v) is 3.96. The summed E-state index contributed by atoms with van der Waals surface area (Å²) in [6.07, 6.45) is 0. The van der Waals surface area contributed by atoms with Gasteiger partial charge in [-0.15, -0.1) is 0 Å². The van der Waals surface area contributed by atoms with Crippen molar-refractivity contribution in [1.29, 1.82) is 0 Å². The highest BCUT2D eigenvalue weighted by atomic mass is 19.1. The Bertz CT molecular complexity index is 725. The van der Waals surface area contributed by atoms with E-state index in [1.807, 2.05) is 24.3 Å². The van der Waals surface area contributed by atoms with E-state index in [4.69, 9.17) is 5.73 Å². The van der Waals surface area contributed by atoms with Gasteiger partial charge in [0.2, 0.25) is 0 Å². The topological polar surface area (TPSA) is 51.8 Å². The summed E-state index contributed by atoms with van der Waals surface area (Å²) in [5, 5.41) is 0.803. The maximum Gasteiger partial charge on any atom is 0.162 e. The molecule has 4 heteroatoms. The molecular weight excluding hydrogens is 229 g/mol. The van der Waals surface area contributed by atoms with Crippen LogP contribution in [-0.2, 0) is 0 Å². The molecule has 0 amide bonds. The number of halogens is 1. The van der Waals surface area contributed by atoms with E-state index in [0.29, 0.717) is 17.2 Å². The SMILES string of the molecule is Nc1nc(-c2cccc(F)c2)nc2ccccc12. The fourth-order valence-electron chi connectivity index (χ4n) is 1.86. The van der Waals surface area contributed by atoms with Crippen LogP contribution in [0.5, 0.6) is 0 Å². The van der Waals surface area contributed by atoms with Crippen LogP contribution in [0.4, 0.5) is 10.2 Å². The van der Waals surface area contributed by atoms with Crippen LogP contribution in [0.3, 0.4) is 0 Å². The lowest BCUT2D eigenvalue weighted by molar-refractivity contribution is 0.628. The van der Waals surface area contributed by atoms with E-state index < -0.39 is 0 Å².